The highest BCUT2D eigenvalue weighted by atomic mass is 35.5. The number of halogens is 1. The first-order valence-electron chi connectivity index (χ1n) is 16.2. The zero-order chi connectivity index (χ0) is 38.6. The Bertz CT molecular complexity index is 1760. The highest BCUT2D eigenvalue weighted by Gasteiger charge is 2.54. The van der Waals surface area contributed by atoms with Gasteiger partial charge in [-0.2, -0.15) is 0 Å². The number of carbonyl (C=O) groups excluding carboxylic acids is 5. The number of amides is 2. The number of Topliss-reactive ketones (excluding diaryl/α,β-unsaturated/α-hetero) is 1. The van der Waals surface area contributed by atoms with E-state index in [2.05, 4.69) is 15.5 Å². The van der Waals surface area contributed by atoms with Crippen molar-refractivity contribution in [3.8, 4) is 5.75 Å². The van der Waals surface area contributed by atoms with Gasteiger partial charge in [-0.1, -0.05) is 17.3 Å². The largest absolute Gasteiger partial charge is 0.497 e. The Balaban J connectivity index is 1.54. The first-order valence-corrected chi connectivity index (χ1v) is 18.7. The number of thiazole rings is 1. The van der Waals surface area contributed by atoms with Gasteiger partial charge >= 0.3 is 18.0 Å². The number of oxime groups is 1. The fraction of sp³-hybridized carbons (Fsp3) is 0.514. The molecule has 1 aromatic heterocycles. The Morgan fingerprint density at radius 3 is 2.27 bits per heavy atom. The highest BCUT2D eigenvalue weighted by Crippen LogP contribution is 2.46. The van der Waals surface area contributed by atoms with Crippen molar-refractivity contribution in [2.45, 2.75) is 90.6 Å². The smallest absolute Gasteiger partial charge is 0.413 e. The lowest BCUT2D eigenvalue weighted by molar-refractivity contribution is -0.179. The Hall–Kier alpha value is -4.15. The van der Waals surface area contributed by atoms with Gasteiger partial charge in [0.05, 0.1) is 18.4 Å². The summed E-state index contributed by atoms with van der Waals surface area (Å²) >= 11 is 8.57. The topological polar surface area (TPSA) is 172 Å². The van der Waals surface area contributed by atoms with Crippen molar-refractivity contribution in [2.75, 3.05) is 24.1 Å². The monoisotopic (exact) mass is 778 g/mol. The van der Waals surface area contributed by atoms with Gasteiger partial charge in [0.1, 0.15) is 34.9 Å². The van der Waals surface area contributed by atoms with Crippen molar-refractivity contribution in [1.82, 2.24) is 9.88 Å². The number of hydrogen-bond acceptors (Lipinski definition) is 14. The molecule has 0 unspecified atom stereocenters. The SMILES string of the molecule is COc1ccc(COC(=O)C2=C(CCl)CS[C@@H]3[C@H](CC(=O)/C(=N\OC(C)(C)C(=O)OC(C)(C)C)c4csc(NC(=O)OC(C)(C)C)n4)C(=O)N23)cc1. The predicted molar refractivity (Wildman–Crippen MR) is 196 cm³/mol. The maximum absolute atomic E-state index is 14.0. The van der Waals surface area contributed by atoms with Crippen LogP contribution in [0.4, 0.5) is 9.93 Å². The molecule has 0 aliphatic carbocycles. The van der Waals surface area contributed by atoms with Crippen LogP contribution in [0.1, 0.15) is 73.1 Å². The minimum absolute atomic E-state index is 0.00509. The maximum Gasteiger partial charge on any atom is 0.413 e. The fourth-order valence-corrected chi connectivity index (χ4v) is 7.24. The summed E-state index contributed by atoms with van der Waals surface area (Å²) in [5, 5.41) is 7.62. The van der Waals surface area contributed by atoms with Gasteiger partial charge < -0.3 is 23.8 Å². The van der Waals surface area contributed by atoms with Gasteiger partial charge in [0, 0.05) is 23.4 Å². The van der Waals surface area contributed by atoms with Crippen LogP contribution in [0.15, 0.2) is 46.1 Å². The van der Waals surface area contributed by atoms with Gasteiger partial charge in [-0.25, -0.2) is 19.4 Å². The van der Waals surface area contributed by atoms with E-state index in [9.17, 15) is 24.0 Å². The predicted octanol–water partition coefficient (Wildman–Crippen LogP) is 6.07. The van der Waals surface area contributed by atoms with E-state index < -0.39 is 57.8 Å². The molecule has 0 radical (unpaired) electrons. The van der Waals surface area contributed by atoms with E-state index in [1.165, 1.54) is 35.9 Å². The van der Waals surface area contributed by atoms with Crippen molar-refractivity contribution in [2.24, 2.45) is 11.1 Å². The van der Waals surface area contributed by atoms with Gasteiger partial charge in [-0.05, 0) is 78.7 Å². The van der Waals surface area contributed by atoms with Gasteiger partial charge in [0.25, 0.3) is 0 Å². The molecule has 0 spiro atoms. The molecule has 2 aromatic rings. The molecule has 1 N–H and O–H groups in total. The molecular weight excluding hydrogens is 736 g/mol. The van der Waals surface area contributed by atoms with E-state index in [0.29, 0.717) is 17.1 Å². The summed E-state index contributed by atoms with van der Waals surface area (Å²) in [6.45, 7) is 13.1. The van der Waals surface area contributed by atoms with Crippen LogP contribution in [0, 0.1) is 5.92 Å². The molecule has 2 aliphatic heterocycles. The number of nitrogens with one attached hydrogen (secondary N) is 1. The zero-order valence-electron chi connectivity index (χ0n) is 30.5. The average Bonchev–Trinajstić information content (AvgIpc) is 3.51. The van der Waals surface area contributed by atoms with E-state index in [1.807, 2.05) is 0 Å². The maximum atomic E-state index is 14.0. The first-order chi connectivity index (χ1) is 24.2. The van der Waals surface area contributed by atoms with Gasteiger partial charge in [0.2, 0.25) is 11.5 Å². The molecule has 52 heavy (non-hydrogen) atoms. The van der Waals surface area contributed by atoms with Gasteiger partial charge in [-0.15, -0.1) is 34.7 Å². The summed E-state index contributed by atoms with van der Waals surface area (Å²) in [5.74, 6) is -2.35. The second kappa shape index (κ2) is 16.3. The van der Waals surface area contributed by atoms with Crippen molar-refractivity contribution in [1.29, 1.82) is 0 Å². The van der Waals surface area contributed by atoms with E-state index in [1.54, 1.807) is 72.9 Å². The third-order valence-electron chi connectivity index (χ3n) is 7.32. The number of thioether (sulfide) groups is 1. The van der Waals surface area contributed by atoms with Crippen LogP contribution < -0.4 is 10.1 Å². The van der Waals surface area contributed by atoms with Gasteiger partial charge in [-0.3, -0.25) is 19.8 Å². The van der Waals surface area contributed by atoms with Crippen LogP contribution in [0.3, 0.4) is 0 Å². The molecule has 3 heterocycles. The number of ether oxygens (including phenoxy) is 4. The number of aromatic nitrogens is 1. The average molecular weight is 779 g/mol. The number of alkyl halides is 1. The van der Waals surface area contributed by atoms with Crippen LogP contribution in [0.2, 0.25) is 0 Å². The molecule has 4 rings (SSSR count). The summed E-state index contributed by atoms with van der Waals surface area (Å²) < 4.78 is 21.5. The second-order valence-corrected chi connectivity index (χ2v) is 16.6. The Kier molecular flexibility index (Phi) is 12.7. The summed E-state index contributed by atoms with van der Waals surface area (Å²) in [4.78, 5) is 77.5. The van der Waals surface area contributed by atoms with Crippen molar-refractivity contribution in [3.63, 3.8) is 0 Å². The number of rotatable bonds is 13. The molecule has 0 bridgehead atoms. The lowest BCUT2D eigenvalue weighted by atomic mass is 9.89. The standard InChI is InChI=1S/C35H43ClN4O10S2/c1-33(2,3)48-30(44)35(7,8)50-39-25(23-18-52-31(37-23)38-32(45)49-34(4,5)6)24(41)14-22-27(42)40-26(20(15-36)17-51-28(22)40)29(43)47-16-19-10-12-21(46-9)13-11-19/h10-13,18,22,28H,14-17H2,1-9H3,(H,37,38,45)/b39-25-/t22-,28-/m1/s1. The Labute approximate surface area is 315 Å². The lowest BCUT2D eigenvalue weighted by Crippen LogP contribution is -2.62. The quantitative estimate of drug-likeness (QED) is 0.0623. The summed E-state index contributed by atoms with van der Waals surface area (Å²) in [6, 6.07) is 7.00. The number of esters is 2. The number of nitrogens with zero attached hydrogens (tertiary/aromatic N) is 3. The summed E-state index contributed by atoms with van der Waals surface area (Å²) in [5.41, 5.74) is -2.12. The number of anilines is 1. The molecule has 0 saturated carbocycles. The minimum atomic E-state index is -1.61. The second-order valence-electron chi connectivity index (χ2n) is 14.4. The number of β-lactam (4-membered cyclic amide) rings is 1. The minimum Gasteiger partial charge on any atom is -0.497 e. The van der Waals surface area contributed by atoms with Crippen LogP contribution >= 0.6 is 34.7 Å². The molecule has 14 nitrogen and oxygen atoms in total. The molecule has 2 atom stereocenters. The van der Waals surface area contributed by atoms with E-state index >= 15 is 0 Å². The molecule has 17 heteroatoms. The highest BCUT2D eigenvalue weighted by molar-refractivity contribution is 8.00. The van der Waals surface area contributed by atoms with Crippen molar-refractivity contribution >= 4 is 75.3 Å². The van der Waals surface area contributed by atoms with Gasteiger partial charge in [0.15, 0.2) is 16.6 Å². The fourth-order valence-electron chi connectivity index (χ4n) is 4.81. The summed E-state index contributed by atoms with van der Waals surface area (Å²) in [6.07, 6.45) is -1.07. The van der Waals surface area contributed by atoms with Crippen LogP contribution in [-0.2, 0) is 44.8 Å². The zero-order valence-corrected chi connectivity index (χ0v) is 32.9. The number of ketones is 1. The number of fused-ring (bicyclic) bond motifs is 1. The van der Waals surface area contributed by atoms with Crippen LogP contribution in [-0.4, -0.2) is 86.2 Å². The third-order valence-corrected chi connectivity index (χ3v) is 9.80. The lowest BCUT2D eigenvalue weighted by Gasteiger charge is -2.49. The van der Waals surface area contributed by atoms with Crippen molar-refractivity contribution < 1.29 is 47.8 Å². The molecule has 1 fully saturated rings. The molecule has 1 aromatic carbocycles. The molecule has 1 saturated heterocycles. The Morgan fingerprint density at radius 1 is 1.02 bits per heavy atom. The number of methoxy groups -OCH3 is 1. The van der Waals surface area contributed by atoms with Crippen LogP contribution in [0.5, 0.6) is 5.75 Å². The number of hydrogen-bond donors (Lipinski definition) is 1. The van der Waals surface area contributed by atoms with E-state index in [-0.39, 0.29) is 41.1 Å². The molecule has 2 amide bonds. The van der Waals surface area contributed by atoms with E-state index in [0.717, 1.165) is 16.9 Å². The van der Waals surface area contributed by atoms with Crippen molar-refractivity contribution in [3.05, 3.63) is 52.2 Å². The van der Waals surface area contributed by atoms with Crippen LogP contribution in [0.25, 0.3) is 0 Å². The molecule has 282 valence electrons. The summed E-state index contributed by atoms with van der Waals surface area (Å²) in [7, 11) is 1.55. The van der Waals surface area contributed by atoms with E-state index in [4.69, 9.17) is 35.4 Å². The molecule has 2 aliphatic rings. The number of carbonyl (C=O) groups is 5. The third kappa shape index (κ3) is 10.3. The number of benzene rings is 1. The molecular formula is C35H43ClN4O10S2. The Morgan fingerprint density at radius 2 is 1.67 bits per heavy atom. The first kappa shape index (κ1) is 40.6. The normalized spacial score (nSPS) is 17.8.